The molecule has 0 atom stereocenters. The minimum absolute atomic E-state index is 1.03. The Labute approximate surface area is 85.7 Å². The average Bonchev–Trinajstić information content (AvgIpc) is 2.47. The first-order valence-electron chi connectivity index (χ1n) is 5.47. The lowest BCUT2D eigenvalue weighted by molar-refractivity contribution is 0.218. The molecule has 0 unspecified atom stereocenters. The topological polar surface area (TPSA) is 21.1 Å². The van der Waals surface area contributed by atoms with E-state index in [9.17, 15) is 0 Å². The molecule has 1 aliphatic heterocycles. The van der Waals surface area contributed by atoms with Crippen LogP contribution in [-0.2, 0) is 13.6 Å². The Balaban J connectivity index is 1.95. The quantitative estimate of drug-likeness (QED) is 0.713. The molecule has 0 spiro atoms. The molecule has 0 amide bonds. The number of hydrogen-bond donors (Lipinski definition) is 0. The number of nitrogens with zero attached hydrogens (tertiary/aromatic N) is 3. The van der Waals surface area contributed by atoms with E-state index in [1.807, 2.05) is 0 Å². The van der Waals surface area contributed by atoms with Crippen LogP contribution >= 0.6 is 0 Å². The molecule has 0 N–H and O–H groups in total. The lowest BCUT2D eigenvalue weighted by atomic mass is 10.1. The fraction of sp³-hybridized carbons (Fsp3) is 0.727. The van der Waals surface area contributed by atoms with Gasteiger partial charge in [-0.3, -0.25) is 4.90 Å². The molecular formula is C11H19N3. The molecule has 0 aromatic carbocycles. The highest BCUT2D eigenvalue weighted by Crippen LogP contribution is 2.12. The maximum atomic E-state index is 4.53. The molecule has 1 aromatic heterocycles. The maximum Gasteiger partial charge on any atom is 0.105 e. The van der Waals surface area contributed by atoms with Crippen LogP contribution in [0.4, 0.5) is 0 Å². The summed E-state index contributed by atoms with van der Waals surface area (Å²) < 4.78 is 2.10. The van der Waals surface area contributed by atoms with E-state index in [0.29, 0.717) is 0 Å². The summed E-state index contributed by atoms with van der Waals surface area (Å²) in [5, 5.41) is 0. The van der Waals surface area contributed by atoms with Crippen LogP contribution in [0.1, 0.15) is 30.8 Å². The van der Waals surface area contributed by atoms with Crippen LogP contribution in [0.3, 0.4) is 0 Å². The molecule has 0 bridgehead atoms. The second-order valence-corrected chi connectivity index (χ2v) is 4.23. The Morgan fingerprint density at radius 3 is 2.57 bits per heavy atom. The normalized spacial score (nSPS) is 18.7. The summed E-state index contributed by atoms with van der Waals surface area (Å²) in [4.78, 5) is 7.03. The molecule has 2 heterocycles. The molecule has 0 radical (unpaired) electrons. The van der Waals surface area contributed by atoms with Gasteiger partial charge in [0.25, 0.3) is 0 Å². The summed E-state index contributed by atoms with van der Waals surface area (Å²) in [6.07, 6.45) is 6.25. The Hall–Kier alpha value is -0.830. The van der Waals surface area contributed by atoms with Gasteiger partial charge in [-0.1, -0.05) is 6.42 Å². The maximum absolute atomic E-state index is 4.53. The number of rotatable bonds is 2. The molecule has 1 fully saturated rings. The molecule has 1 aliphatic rings. The van der Waals surface area contributed by atoms with Gasteiger partial charge in [-0.15, -0.1) is 0 Å². The van der Waals surface area contributed by atoms with Crippen LogP contribution in [0.15, 0.2) is 6.20 Å². The van der Waals surface area contributed by atoms with E-state index in [-0.39, 0.29) is 0 Å². The van der Waals surface area contributed by atoms with Crippen LogP contribution in [-0.4, -0.2) is 27.5 Å². The van der Waals surface area contributed by atoms with E-state index in [0.717, 1.165) is 12.4 Å². The molecule has 14 heavy (non-hydrogen) atoms. The lowest BCUT2D eigenvalue weighted by Gasteiger charge is -2.25. The Morgan fingerprint density at radius 1 is 1.29 bits per heavy atom. The Morgan fingerprint density at radius 2 is 2.00 bits per heavy atom. The first-order chi connectivity index (χ1) is 6.75. The number of imidazole rings is 1. The zero-order valence-corrected chi connectivity index (χ0v) is 9.16. The summed E-state index contributed by atoms with van der Waals surface area (Å²) in [5.74, 6) is 1.11. The minimum atomic E-state index is 1.03. The fourth-order valence-corrected chi connectivity index (χ4v) is 2.06. The van der Waals surface area contributed by atoms with Crippen molar-refractivity contribution in [2.24, 2.45) is 7.05 Å². The third-order valence-electron chi connectivity index (χ3n) is 2.99. The first-order valence-corrected chi connectivity index (χ1v) is 5.47. The zero-order valence-electron chi connectivity index (χ0n) is 9.16. The summed E-state index contributed by atoms with van der Waals surface area (Å²) in [6.45, 7) is 5.58. The van der Waals surface area contributed by atoms with Gasteiger partial charge in [-0.25, -0.2) is 4.98 Å². The zero-order chi connectivity index (χ0) is 9.97. The van der Waals surface area contributed by atoms with Crippen LogP contribution in [0.2, 0.25) is 0 Å². The molecular weight excluding hydrogens is 174 g/mol. The van der Waals surface area contributed by atoms with Gasteiger partial charge in [0.2, 0.25) is 0 Å². The van der Waals surface area contributed by atoms with Crippen molar-refractivity contribution in [3.8, 4) is 0 Å². The molecule has 3 heteroatoms. The lowest BCUT2D eigenvalue weighted by Crippen LogP contribution is -2.29. The molecule has 1 saturated heterocycles. The van der Waals surface area contributed by atoms with Gasteiger partial charge in [0, 0.05) is 19.8 Å². The van der Waals surface area contributed by atoms with Gasteiger partial charge >= 0.3 is 0 Å². The van der Waals surface area contributed by atoms with Crippen molar-refractivity contribution in [3.63, 3.8) is 0 Å². The van der Waals surface area contributed by atoms with Crippen molar-refractivity contribution < 1.29 is 0 Å². The SMILES string of the molecule is Cc1nc(CN2CCCCC2)cn1C. The number of hydrogen-bond acceptors (Lipinski definition) is 2. The predicted molar refractivity (Wildman–Crippen MR) is 57.1 cm³/mol. The molecule has 2 rings (SSSR count). The number of aryl methyl sites for hydroxylation is 2. The van der Waals surface area contributed by atoms with Crippen LogP contribution in [0, 0.1) is 6.92 Å². The molecule has 78 valence electrons. The number of likely N-dealkylation sites (tertiary alicyclic amines) is 1. The Bertz CT molecular complexity index is 278. The van der Waals surface area contributed by atoms with Gasteiger partial charge in [-0.05, 0) is 32.9 Å². The van der Waals surface area contributed by atoms with Gasteiger partial charge in [-0.2, -0.15) is 0 Å². The van der Waals surface area contributed by atoms with E-state index >= 15 is 0 Å². The third-order valence-corrected chi connectivity index (χ3v) is 2.99. The van der Waals surface area contributed by atoms with E-state index in [2.05, 4.69) is 34.6 Å². The predicted octanol–water partition coefficient (Wildman–Crippen LogP) is 1.71. The summed E-state index contributed by atoms with van der Waals surface area (Å²) in [5.41, 5.74) is 1.21. The summed E-state index contributed by atoms with van der Waals surface area (Å²) in [6, 6.07) is 0. The monoisotopic (exact) mass is 193 g/mol. The summed E-state index contributed by atoms with van der Waals surface area (Å²) in [7, 11) is 2.06. The second-order valence-electron chi connectivity index (χ2n) is 4.23. The third kappa shape index (κ3) is 2.15. The van der Waals surface area contributed by atoms with Crippen LogP contribution < -0.4 is 0 Å². The summed E-state index contributed by atoms with van der Waals surface area (Å²) >= 11 is 0. The number of piperidine rings is 1. The van der Waals surface area contributed by atoms with Crippen molar-refractivity contribution in [1.29, 1.82) is 0 Å². The van der Waals surface area contributed by atoms with E-state index < -0.39 is 0 Å². The highest BCUT2D eigenvalue weighted by molar-refractivity contribution is 5.02. The van der Waals surface area contributed by atoms with Crippen molar-refractivity contribution in [1.82, 2.24) is 14.5 Å². The van der Waals surface area contributed by atoms with Gasteiger partial charge in [0.15, 0.2) is 0 Å². The fourth-order valence-electron chi connectivity index (χ4n) is 2.06. The second kappa shape index (κ2) is 4.13. The van der Waals surface area contributed by atoms with Crippen molar-refractivity contribution in [2.45, 2.75) is 32.7 Å². The highest BCUT2D eigenvalue weighted by atomic mass is 15.1. The number of aromatic nitrogens is 2. The van der Waals surface area contributed by atoms with E-state index in [1.165, 1.54) is 38.0 Å². The van der Waals surface area contributed by atoms with Crippen LogP contribution in [0.25, 0.3) is 0 Å². The van der Waals surface area contributed by atoms with Crippen molar-refractivity contribution in [3.05, 3.63) is 17.7 Å². The molecule has 0 saturated carbocycles. The van der Waals surface area contributed by atoms with Gasteiger partial charge < -0.3 is 4.57 Å². The van der Waals surface area contributed by atoms with E-state index in [1.54, 1.807) is 0 Å². The molecule has 0 aliphatic carbocycles. The highest BCUT2D eigenvalue weighted by Gasteiger charge is 2.11. The minimum Gasteiger partial charge on any atom is -0.338 e. The standard InChI is InChI=1S/C11H19N3/c1-10-12-11(8-13(10)2)9-14-6-4-3-5-7-14/h8H,3-7,9H2,1-2H3. The Kier molecular flexibility index (Phi) is 2.87. The largest absolute Gasteiger partial charge is 0.338 e. The van der Waals surface area contributed by atoms with Gasteiger partial charge in [0.1, 0.15) is 5.82 Å². The molecule has 1 aromatic rings. The smallest absolute Gasteiger partial charge is 0.105 e. The average molecular weight is 193 g/mol. The van der Waals surface area contributed by atoms with Crippen molar-refractivity contribution >= 4 is 0 Å². The van der Waals surface area contributed by atoms with Crippen molar-refractivity contribution in [2.75, 3.05) is 13.1 Å². The molecule has 3 nitrogen and oxygen atoms in total. The first kappa shape index (κ1) is 9.71. The van der Waals surface area contributed by atoms with E-state index in [4.69, 9.17) is 0 Å². The van der Waals surface area contributed by atoms with Crippen LogP contribution in [0.5, 0.6) is 0 Å². The van der Waals surface area contributed by atoms with Gasteiger partial charge in [0.05, 0.1) is 5.69 Å².